The number of hydrogen-bond acceptors (Lipinski definition) is 5. The standard InChI is InChI=1S/C24H26N4O3/c1-2-3-16-31-20-11-7-10-19(17-20)23-26-24(30)21(27-28-23)12-13-22(29)25-15-14-18-8-5-4-6-9-18/h2,4-11,17H,1,3,12-16H2,(H,25,29)(H,26,28,30). The first kappa shape index (κ1) is 22.0. The molecule has 3 rings (SSSR count). The fourth-order valence-corrected chi connectivity index (χ4v) is 2.96. The Labute approximate surface area is 181 Å². The summed E-state index contributed by atoms with van der Waals surface area (Å²) in [7, 11) is 0. The van der Waals surface area contributed by atoms with Crippen molar-refractivity contribution >= 4 is 5.91 Å². The highest BCUT2D eigenvalue weighted by Gasteiger charge is 2.10. The van der Waals surface area contributed by atoms with Gasteiger partial charge in [0, 0.05) is 24.9 Å². The number of aryl methyl sites for hydroxylation is 1. The van der Waals surface area contributed by atoms with E-state index in [-0.39, 0.29) is 30.0 Å². The molecule has 0 spiro atoms. The van der Waals surface area contributed by atoms with Gasteiger partial charge in [-0.25, -0.2) is 0 Å². The zero-order valence-electron chi connectivity index (χ0n) is 17.3. The van der Waals surface area contributed by atoms with Crippen molar-refractivity contribution < 1.29 is 9.53 Å². The molecule has 1 amide bonds. The minimum Gasteiger partial charge on any atom is -0.493 e. The number of carbonyl (C=O) groups is 1. The third kappa shape index (κ3) is 6.92. The molecule has 160 valence electrons. The van der Waals surface area contributed by atoms with Crippen LogP contribution in [0.25, 0.3) is 11.4 Å². The van der Waals surface area contributed by atoms with Crippen LogP contribution < -0.4 is 15.6 Å². The van der Waals surface area contributed by atoms with Crippen molar-refractivity contribution in [2.45, 2.75) is 25.7 Å². The molecule has 0 radical (unpaired) electrons. The highest BCUT2D eigenvalue weighted by Crippen LogP contribution is 2.20. The van der Waals surface area contributed by atoms with E-state index in [4.69, 9.17) is 4.74 Å². The maximum Gasteiger partial charge on any atom is 0.273 e. The molecular formula is C24H26N4O3. The molecule has 7 nitrogen and oxygen atoms in total. The zero-order valence-corrected chi connectivity index (χ0v) is 17.3. The SMILES string of the molecule is C=CCCOc1cccc(-c2nnc(CCC(=O)NCCc3ccccc3)c(=O)[nH]2)c1. The van der Waals surface area contributed by atoms with Crippen LogP contribution in [0.2, 0.25) is 0 Å². The summed E-state index contributed by atoms with van der Waals surface area (Å²) in [4.78, 5) is 27.2. The molecule has 0 aliphatic carbocycles. The Hall–Kier alpha value is -3.74. The van der Waals surface area contributed by atoms with Crippen molar-refractivity contribution in [3.05, 3.63) is 88.9 Å². The molecule has 0 aliphatic heterocycles. The number of nitrogens with one attached hydrogen (secondary N) is 2. The predicted molar refractivity (Wildman–Crippen MR) is 120 cm³/mol. The molecule has 0 atom stereocenters. The van der Waals surface area contributed by atoms with Gasteiger partial charge >= 0.3 is 0 Å². The first-order valence-corrected chi connectivity index (χ1v) is 10.3. The van der Waals surface area contributed by atoms with Crippen LogP contribution in [0.1, 0.15) is 24.1 Å². The van der Waals surface area contributed by atoms with Gasteiger partial charge in [-0.15, -0.1) is 16.8 Å². The molecule has 0 aliphatic rings. The number of nitrogens with zero attached hydrogens (tertiary/aromatic N) is 2. The summed E-state index contributed by atoms with van der Waals surface area (Å²) in [6.45, 7) is 4.74. The van der Waals surface area contributed by atoms with Crippen molar-refractivity contribution in [2.75, 3.05) is 13.2 Å². The topological polar surface area (TPSA) is 97.0 Å². The van der Waals surface area contributed by atoms with Gasteiger partial charge in [-0.2, -0.15) is 0 Å². The molecule has 3 aromatic rings. The number of aromatic nitrogens is 3. The maximum absolute atomic E-state index is 12.4. The van der Waals surface area contributed by atoms with Gasteiger partial charge in [-0.3, -0.25) is 9.59 Å². The Balaban J connectivity index is 1.52. The van der Waals surface area contributed by atoms with E-state index >= 15 is 0 Å². The molecule has 2 N–H and O–H groups in total. The van der Waals surface area contributed by atoms with Crippen molar-refractivity contribution in [1.29, 1.82) is 0 Å². The Bertz CT molecular complexity index is 1060. The molecule has 0 saturated heterocycles. The number of H-pyrrole nitrogens is 1. The molecule has 0 fully saturated rings. The monoisotopic (exact) mass is 418 g/mol. The van der Waals surface area contributed by atoms with Gasteiger partial charge in [0.25, 0.3) is 5.56 Å². The number of carbonyl (C=O) groups excluding carboxylic acids is 1. The first-order chi connectivity index (χ1) is 15.2. The zero-order chi connectivity index (χ0) is 21.9. The molecule has 2 aromatic carbocycles. The van der Waals surface area contributed by atoms with Gasteiger partial charge in [-0.1, -0.05) is 48.5 Å². The van der Waals surface area contributed by atoms with Crippen LogP contribution in [0.5, 0.6) is 5.75 Å². The Kier molecular flexibility index (Phi) is 8.11. The van der Waals surface area contributed by atoms with Crippen LogP contribution in [0.15, 0.2) is 72.0 Å². The average molecular weight is 418 g/mol. The van der Waals surface area contributed by atoms with Gasteiger partial charge in [0.15, 0.2) is 5.82 Å². The fraction of sp³-hybridized carbons (Fsp3) is 0.250. The van der Waals surface area contributed by atoms with Crippen LogP contribution in [-0.4, -0.2) is 34.2 Å². The van der Waals surface area contributed by atoms with Gasteiger partial charge in [0.2, 0.25) is 5.91 Å². The lowest BCUT2D eigenvalue weighted by atomic mass is 10.1. The second-order valence-electron chi connectivity index (χ2n) is 6.99. The van der Waals surface area contributed by atoms with Crippen molar-refractivity contribution in [2.24, 2.45) is 0 Å². The van der Waals surface area contributed by atoms with Gasteiger partial charge in [0.1, 0.15) is 11.4 Å². The maximum atomic E-state index is 12.4. The Morgan fingerprint density at radius 1 is 1.10 bits per heavy atom. The lowest BCUT2D eigenvalue weighted by molar-refractivity contribution is -0.121. The quantitative estimate of drug-likeness (QED) is 0.368. The number of aromatic amines is 1. The number of benzene rings is 2. The second-order valence-corrected chi connectivity index (χ2v) is 6.99. The fourth-order valence-electron chi connectivity index (χ4n) is 2.96. The Morgan fingerprint density at radius 2 is 1.94 bits per heavy atom. The van der Waals surface area contributed by atoms with Crippen LogP contribution in [0.3, 0.4) is 0 Å². The Morgan fingerprint density at radius 3 is 2.71 bits per heavy atom. The van der Waals surface area contributed by atoms with Crippen LogP contribution in [-0.2, 0) is 17.6 Å². The molecular weight excluding hydrogens is 392 g/mol. The van der Waals surface area contributed by atoms with Gasteiger partial charge in [0.05, 0.1) is 6.61 Å². The smallest absolute Gasteiger partial charge is 0.273 e. The molecule has 1 heterocycles. The lowest BCUT2D eigenvalue weighted by Gasteiger charge is -2.07. The molecule has 31 heavy (non-hydrogen) atoms. The minimum atomic E-state index is -0.347. The third-order valence-electron chi connectivity index (χ3n) is 4.63. The summed E-state index contributed by atoms with van der Waals surface area (Å²) in [5, 5.41) is 11.0. The van der Waals surface area contributed by atoms with Gasteiger partial charge < -0.3 is 15.0 Å². The molecule has 0 saturated carbocycles. The van der Waals surface area contributed by atoms with E-state index in [1.807, 2.05) is 48.5 Å². The summed E-state index contributed by atoms with van der Waals surface area (Å²) in [5.41, 5.74) is 1.75. The van der Waals surface area contributed by atoms with E-state index in [0.717, 1.165) is 18.4 Å². The largest absolute Gasteiger partial charge is 0.493 e. The summed E-state index contributed by atoms with van der Waals surface area (Å²) in [6, 6.07) is 17.2. The summed E-state index contributed by atoms with van der Waals surface area (Å²) in [6.07, 6.45) is 3.70. The number of rotatable bonds is 11. The molecule has 1 aromatic heterocycles. The van der Waals surface area contributed by atoms with Gasteiger partial charge in [-0.05, 0) is 30.5 Å². The lowest BCUT2D eigenvalue weighted by Crippen LogP contribution is -2.27. The second kappa shape index (κ2) is 11.4. The van der Waals surface area contributed by atoms with Crippen LogP contribution >= 0.6 is 0 Å². The normalized spacial score (nSPS) is 10.5. The van der Waals surface area contributed by atoms with Crippen LogP contribution in [0, 0.1) is 0 Å². The van der Waals surface area contributed by atoms with Crippen molar-refractivity contribution in [3.8, 4) is 17.1 Å². The van der Waals surface area contributed by atoms with Crippen molar-refractivity contribution in [3.63, 3.8) is 0 Å². The van der Waals surface area contributed by atoms with E-state index in [0.29, 0.717) is 30.3 Å². The average Bonchev–Trinajstić information content (AvgIpc) is 2.79. The molecule has 0 unspecified atom stereocenters. The minimum absolute atomic E-state index is 0.120. The summed E-state index contributed by atoms with van der Waals surface area (Å²) < 4.78 is 5.63. The van der Waals surface area contributed by atoms with E-state index in [1.54, 1.807) is 12.1 Å². The molecule has 0 bridgehead atoms. The summed E-state index contributed by atoms with van der Waals surface area (Å²) in [5.74, 6) is 0.916. The third-order valence-corrected chi connectivity index (χ3v) is 4.63. The highest BCUT2D eigenvalue weighted by atomic mass is 16.5. The highest BCUT2D eigenvalue weighted by molar-refractivity contribution is 5.76. The van der Waals surface area contributed by atoms with E-state index in [2.05, 4.69) is 27.1 Å². The van der Waals surface area contributed by atoms with Crippen molar-refractivity contribution in [1.82, 2.24) is 20.5 Å². The van der Waals surface area contributed by atoms with E-state index < -0.39 is 0 Å². The van der Waals surface area contributed by atoms with E-state index in [1.165, 1.54) is 0 Å². The van der Waals surface area contributed by atoms with E-state index in [9.17, 15) is 9.59 Å². The predicted octanol–water partition coefficient (Wildman–Crippen LogP) is 3.08. The van der Waals surface area contributed by atoms with Crippen LogP contribution in [0.4, 0.5) is 0 Å². The summed E-state index contributed by atoms with van der Waals surface area (Å²) >= 11 is 0. The number of hydrogen-bond donors (Lipinski definition) is 2. The number of ether oxygens (including phenoxy) is 1. The molecule has 7 heteroatoms. The first-order valence-electron chi connectivity index (χ1n) is 10.3. The number of amides is 1.